The van der Waals surface area contributed by atoms with Crippen molar-refractivity contribution in [2.45, 2.75) is 56.5 Å². The fourth-order valence-electron chi connectivity index (χ4n) is 3.48. The Balaban J connectivity index is 1.60. The van der Waals surface area contributed by atoms with Crippen molar-refractivity contribution in [2.75, 3.05) is 6.54 Å². The summed E-state index contributed by atoms with van der Waals surface area (Å²) in [5.74, 6) is 0.159. The maximum absolute atomic E-state index is 12.0. The van der Waals surface area contributed by atoms with E-state index in [1.807, 2.05) is 0 Å². The van der Waals surface area contributed by atoms with Crippen molar-refractivity contribution in [3.63, 3.8) is 0 Å². The molecule has 5 nitrogen and oxygen atoms in total. The van der Waals surface area contributed by atoms with Crippen molar-refractivity contribution in [3.05, 3.63) is 18.0 Å². The van der Waals surface area contributed by atoms with Gasteiger partial charge in [-0.25, -0.2) is 0 Å². The molecule has 0 aromatic carbocycles. The largest absolute Gasteiger partial charge is 0.351 e. The summed E-state index contributed by atoms with van der Waals surface area (Å²) in [6, 6.07) is 1.85. The first kappa shape index (κ1) is 12.7. The van der Waals surface area contributed by atoms with Gasteiger partial charge in [-0.2, -0.15) is 0 Å². The lowest BCUT2D eigenvalue weighted by molar-refractivity contribution is 0.0856. The summed E-state index contributed by atoms with van der Waals surface area (Å²) in [4.78, 5) is 12.0. The number of carbonyl (C=O) groups is 1. The molecule has 0 bridgehead atoms. The maximum atomic E-state index is 12.0. The number of piperidine rings is 1. The van der Waals surface area contributed by atoms with E-state index in [0.717, 1.165) is 19.4 Å². The Hall–Kier alpha value is -1.36. The van der Waals surface area contributed by atoms with Crippen molar-refractivity contribution in [2.24, 2.45) is 0 Å². The molecular formula is C14H21N3O2. The van der Waals surface area contributed by atoms with Crippen LogP contribution in [-0.2, 0) is 0 Å². The summed E-state index contributed by atoms with van der Waals surface area (Å²) >= 11 is 0. The second kappa shape index (κ2) is 5.33. The molecule has 1 aromatic heterocycles. The second-order valence-corrected chi connectivity index (χ2v) is 5.81. The quantitative estimate of drug-likeness (QED) is 0.854. The first-order valence-electron chi connectivity index (χ1n) is 7.24. The monoisotopic (exact) mass is 263 g/mol. The molecule has 1 saturated heterocycles. The molecule has 3 rings (SSSR count). The average Bonchev–Trinajstić information content (AvgIpc) is 2.93. The number of nitrogens with one attached hydrogen (secondary N) is 2. The fourth-order valence-corrected chi connectivity index (χ4v) is 3.48. The second-order valence-electron chi connectivity index (χ2n) is 5.81. The molecule has 1 amide bonds. The number of hydrogen-bond acceptors (Lipinski definition) is 4. The van der Waals surface area contributed by atoms with E-state index in [4.69, 9.17) is 4.52 Å². The zero-order valence-corrected chi connectivity index (χ0v) is 11.2. The van der Waals surface area contributed by atoms with Crippen LogP contribution in [0.2, 0.25) is 0 Å². The lowest BCUT2D eigenvalue weighted by Gasteiger charge is -2.44. The van der Waals surface area contributed by atoms with E-state index in [1.165, 1.54) is 38.3 Å². The number of aromatic nitrogens is 1. The first-order valence-corrected chi connectivity index (χ1v) is 7.24. The van der Waals surface area contributed by atoms with Crippen LogP contribution in [0.15, 0.2) is 16.8 Å². The predicted molar refractivity (Wildman–Crippen MR) is 70.8 cm³/mol. The Morgan fingerprint density at radius 2 is 2.26 bits per heavy atom. The number of carbonyl (C=O) groups excluding carboxylic acids is 1. The summed E-state index contributed by atoms with van der Waals surface area (Å²) in [5.41, 5.74) is 0.260. The van der Waals surface area contributed by atoms with Crippen LogP contribution < -0.4 is 10.6 Å². The molecular weight excluding hydrogens is 242 g/mol. The molecule has 2 N–H and O–H groups in total. The molecule has 5 heteroatoms. The minimum Gasteiger partial charge on any atom is -0.351 e. The molecule has 2 aliphatic rings. The minimum absolute atomic E-state index is 0.143. The third-order valence-electron chi connectivity index (χ3n) is 4.44. The van der Waals surface area contributed by atoms with Gasteiger partial charge in [-0.3, -0.25) is 4.79 Å². The highest BCUT2D eigenvalue weighted by atomic mass is 16.5. The summed E-state index contributed by atoms with van der Waals surface area (Å²) < 4.78 is 4.90. The Morgan fingerprint density at radius 1 is 1.42 bits per heavy atom. The van der Waals surface area contributed by atoms with E-state index in [1.54, 1.807) is 6.07 Å². The number of hydrogen-bond donors (Lipinski definition) is 2. The van der Waals surface area contributed by atoms with Crippen molar-refractivity contribution in [1.29, 1.82) is 0 Å². The van der Waals surface area contributed by atoms with Crippen LogP contribution in [0.3, 0.4) is 0 Å². The summed E-state index contributed by atoms with van der Waals surface area (Å²) in [7, 11) is 0. The molecule has 1 atom stereocenters. The van der Waals surface area contributed by atoms with E-state index < -0.39 is 0 Å². The standard InChI is InChI=1S/C14H21N3O2/c18-13(12-5-9-16-19-12)17-11-4-8-15-14(10-11)6-2-1-3-7-14/h5,9,11,15H,1-4,6-8,10H2,(H,17,18). The van der Waals surface area contributed by atoms with Crippen LogP contribution in [0.5, 0.6) is 0 Å². The lowest BCUT2D eigenvalue weighted by atomic mass is 9.75. The molecule has 1 aromatic rings. The molecule has 1 aliphatic heterocycles. The van der Waals surface area contributed by atoms with Crippen LogP contribution in [-0.4, -0.2) is 29.2 Å². The normalized spacial score (nSPS) is 26.2. The molecule has 1 aliphatic carbocycles. The molecule has 1 unspecified atom stereocenters. The Morgan fingerprint density at radius 3 is 3.00 bits per heavy atom. The SMILES string of the molecule is O=C(NC1CCNC2(CCCCC2)C1)c1ccno1. The van der Waals surface area contributed by atoms with Gasteiger partial charge < -0.3 is 15.2 Å². The highest BCUT2D eigenvalue weighted by Crippen LogP contribution is 2.34. The predicted octanol–water partition coefficient (Wildman–Crippen LogP) is 1.86. The number of nitrogens with zero attached hydrogens (tertiary/aromatic N) is 1. The fraction of sp³-hybridized carbons (Fsp3) is 0.714. The van der Waals surface area contributed by atoms with E-state index in [9.17, 15) is 4.79 Å². The Kier molecular flexibility index (Phi) is 3.55. The maximum Gasteiger partial charge on any atom is 0.290 e. The van der Waals surface area contributed by atoms with Crippen molar-refractivity contribution in [1.82, 2.24) is 15.8 Å². The van der Waals surface area contributed by atoms with Gasteiger partial charge in [-0.15, -0.1) is 0 Å². The van der Waals surface area contributed by atoms with Gasteiger partial charge in [0.25, 0.3) is 5.91 Å². The van der Waals surface area contributed by atoms with Crippen molar-refractivity contribution in [3.8, 4) is 0 Å². The van der Waals surface area contributed by atoms with E-state index in [0.29, 0.717) is 5.76 Å². The lowest BCUT2D eigenvalue weighted by Crippen LogP contribution is -2.57. The minimum atomic E-state index is -0.143. The van der Waals surface area contributed by atoms with Gasteiger partial charge in [-0.1, -0.05) is 24.4 Å². The molecule has 1 spiro atoms. The van der Waals surface area contributed by atoms with Gasteiger partial charge in [0.05, 0.1) is 6.20 Å². The first-order chi connectivity index (χ1) is 9.27. The highest BCUT2D eigenvalue weighted by Gasteiger charge is 2.37. The highest BCUT2D eigenvalue weighted by molar-refractivity contribution is 5.91. The Bertz CT molecular complexity index is 418. The molecule has 2 heterocycles. The van der Waals surface area contributed by atoms with Crippen LogP contribution in [0.4, 0.5) is 0 Å². The zero-order valence-electron chi connectivity index (χ0n) is 11.2. The van der Waals surface area contributed by atoms with Crippen molar-refractivity contribution < 1.29 is 9.32 Å². The van der Waals surface area contributed by atoms with E-state index >= 15 is 0 Å². The van der Waals surface area contributed by atoms with Gasteiger partial charge in [0.15, 0.2) is 0 Å². The summed E-state index contributed by atoms with van der Waals surface area (Å²) in [5, 5.41) is 10.3. The topological polar surface area (TPSA) is 67.2 Å². The third kappa shape index (κ3) is 2.81. The number of amides is 1. The zero-order chi connectivity index (χ0) is 13.1. The average molecular weight is 263 g/mol. The van der Waals surface area contributed by atoms with Gasteiger partial charge >= 0.3 is 0 Å². The van der Waals surface area contributed by atoms with Gasteiger partial charge in [0, 0.05) is 17.6 Å². The number of rotatable bonds is 2. The van der Waals surface area contributed by atoms with Crippen LogP contribution in [0, 0.1) is 0 Å². The molecule has 104 valence electrons. The van der Waals surface area contributed by atoms with E-state index in [2.05, 4.69) is 15.8 Å². The summed E-state index contributed by atoms with van der Waals surface area (Å²) in [6.07, 6.45) is 9.95. The third-order valence-corrected chi connectivity index (χ3v) is 4.44. The van der Waals surface area contributed by atoms with Gasteiger partial charge in [0.2, 0.25) is 5.76 Å². The van der Waals surface area contributed by atoms with E-state index in [-0.39, 0.29) is 17.5 Å². The van der Waals surface area contributed by atoms with Crippen LogP contribution in [0.25, 0.3) is 0 Å². The molecule has 1 saturated carbocycles. The summed E-state index contributed by atoms with van der Waals surface area (Å²) in [6.45, 7) is 0.987. The van der Waals surface area contributed by atoms with Crippen LogP contribution >= 0.6 is 0 Å². The Labute approximate surface area is 113 Å². The molecule has 19 heavy (non-hydrogen) atoms. The molecule has 2 fully saturated rings. The van der Waals surface area contributed by atoms with Crippen molar-refractivity contribution >= 4 is 5.91 Å². The van der Waals surface area contributed by atoms with Gasteiger partial charge in [0.1, 0.15) is 0 Å². The van der Waals surface area contributed by atoms with Gasteiger partial charge in [-0.05, 0) is 32.2 Å². The van der Waals surface area contributed by atoms with Crippen LogP contribution in [0.1, 0.15) is 55.5 Å². The smallest absolute Gasteiger partial charge is 0.290 e. The molecule has 0 radical (unpaired) electrons.